The van der Waals surface area contributed by atoms with E-state index >= 15 is 0 Å². The molecular formula is C20H17BrClF3N4O. The molecule has 0 radical (unpaired) electrons. The van der Waals surface area contributed by atoms with Gasteiger partial charge in [-0.25, -0.2) is 9.99 Å². The summed E-state index contributed by atoms with van der Waals surface area (Å²) in [7, 11) is 0. The van der Waals surface area contributed by atoms with Crippen LogP contribution < -0.4 is 5.43 Å². The van der Waals surface area contributed by atoms with E-state index in [9.17, 15) is 18.0 Å². The number of amides is 1. The third-order valence-electron chi connectivity index (χ3n) is 4.97. The molecule has 0 aliphatic carbocycles. The molecule has 0 unspecified atom stereocenters. The number of hydrogen-bond donors (Lipinski definition) is 2. The van der Waals surface area contributed by atoms with Crippen molar-refractivity contribution in [1.82, 2.24) is 20.4 Å². The summed E-state index contributed by atoms with van der Waals surface area (Å²) in [5.74, 6) is 0.132. The van der Waals surface area contributed by atoms with Crippen molar-refractivity contribution < 1.29 is 18.0 Å². The Kier molecular flexibility index (Phi) is 5.78. The highest BCUT2D eigenvalue weighted by Gasteiger charge is 2.32. The van der Waals surface area contributed by atoms with Gasteiger partial charge in [0.15, 0.2) is 0 Å². The Morgan fingerprint density at radius 2 is 1.90 bits per heavy atom. The molecule has 2 N–H and O–H groups in total. The van der Waals surface area contributed by atoms with Crippen molar-refractivity contribution in [2.24, 2.45) is 0 Å². The minimum absolute atomic E-state index is 0.0871. The van der Waals surface area contributed by atoms with Crippen molar-refractivity contribution in [2.45, 2.75) is 25.4 Å². The summed E-state index contributed by atoms with van der Waals surface area (Å²) < 4.78 is 39.7. The number of hydrogen-bond acceptors (Lipinski definition) is 3. The molecule has 0 bridgehead atoms. The van der Waals surface area contributed by atoms with E-state index in [0.29, 0.717) is 21.4 Å². The summed E-state index contributed by atoms with van der Waals surface area (Å²) in [6.45, 7) is 1.65. The average molecular weight is 502 g/mol. The van der Waals surface area contributed by atoms with Crippen LogP contribution in [0.1, 0.15) is 35.2 Å². The highest BCUT2D eigenvalue weighted by Crippen LogP contribution is 2.36. The molecule has 30 heavy (non-hydrogen) atoms. The molecule has 1 saturated heterocycles. The maximum absolute atomic E-state index is 13.0. The number of aromatic nitrogens is 2. The van der Waals surface area contributed by atoms with Crippen LogP contribution in [-0.2, 0) is 6.18 Å². The molecule has 1 amide bonds. The van der Waals surface area contributed by atoms with Crippen LogP contribution in [0.4, 0.5) is 13.2 Å². The zero-order valence-electron chi connectivity index (χ0n) is 15.6. The van der Waals surface area contributed by atoms with Crippen LogP contribution in [0.15, 0.2) is 34.8 Å². The maximum Gasteiger partial charge on any atom is 0.416 e. The number of halogens is 5. The number of rotatable bonds is 3. The molecule has 1 aliphatic rings. The van der Waals surface area contributed by atoms with Gasteiger partial charge in [0.05, 0.1) is 16.1 Å². The van der Waals surface area contributed by atoms with E-state index in [1.54, 1.807) is 18.2 Å². The number of nitrogens with one attached hydrogen (secondary N) is 2. The molecule has 10 heteroatoms. The van der Waals surface area contributed by atoms with Crippen molar-refractivity contribution in [3.05, 3.63) is 51.0 Å². The number of imidazole rings is 1. The average Bonchev–Trinajstić information content (AvgIpc) is 3.12. The van der Waals surface area contributed by atoms with Gasteiger partial charge in [-0.15, -0.1) is 0 Å². The first-order chi connectivity index (χ1) is 14.2. The van der Waals surface area contributed by atoms with Crippen LogP contribution >= 0.6 is 27.5 Å². The fourth-order valence-corrected chi connectivity index (χ4v) is 4.26. The Morgan fingerprint density at radius 3 is 2.57 bits per heavy atom. The van der Waals surface area contributed by atoms with Gasteiger partial charge < -0.3 is 4.98 Å². The van der Waals surface area contributed by atoms with Gasteiger partial charge in [0, 0.05) is 28.7 Å². The van der Waals surface area contributed by atoms with Crippen molar-refractivity contribution in [3.8, 4) is 11.4 Å². The van der Waals surface area contributed by atoms with E-state index in [2.05, 4.69) is 31.3 Å². The van der Waals surface area contributed by atoms with Gasteiger partial charge in [-0.2, -0.15) is 13.2 Å². The molecule has 1 fully saturated rings. The monoisotopic (exact) mass is 500 g/mol. The number of H-pyrrole nitrogens is 1. The van der Waals surface area contributed by atoms with E-state index in [1.165, 1.54) is 6.42 Å². The summed E-state index contributed by atoms with van der Waals surface area (Å²) in [5, 5.41) is 1.82. The van der Waals surface area contributed by atoms with Crippen LogP contribution in [0.2, 0.25) is 5.02 Å². The molecule has 158 valence electrons. The summed E-state index contributed by atoms with van der Waals surface area (Å²) in [6, 6.07) is 6.83. The lowest BCUT2D eigenvalue weighted by Gasteiger charge is -2.26. The lowest BCUT2D eigenvalue weighted by atomic mass is 10.1. The highest BCUT2D eigenvalue weighted by atomic mass is 79.9. The normalized spacial score (nSPS) is 15.5. The van der Waals surface area contributed by atoms with Crippen LogP contribution in [0.25, 0.3) is 22.4 Å². The second kappa shape index (κ2) is 8.20. The van der Waals surface area contributed by atoms with Crippen LogP contribution in [0, 0.1) is 0 Å². The number of nitrogens with zero attached hydrogens (tertiary/aromatic N) is 2. The topological polar surface area (TPSA) is 61.0 Å². The Hall–Kier alpha value is -2.10. The molecular weight excluding hydrogens is 485 g/mol. The molecule has 1 aliphatic heterocycles. The molecule has 5 nitrogen and oxygen atoms in total. The number of benzene rings is 2. The Bertz CT molecular complexity index is 1110. The lowest BCUT2D eigenvalue weighted by molar-refractivity contribution is -0.137. The first-order valence-electron chi connectivity index (χ1n) is 9.35. The second-order valence-electron chi connectivity index (χ2n) is 7.12. The van der Waals surface area contributed by atoms with Gasteiger partial charge in [0.25, 0.3) is 5.91 Å². The Labute approximate surface area is 183 Å². The van der Waals surface area contributed by atoms with Crippen molar-refractivity contribution in [3.63, 3.8) is 0 Å². The van der Waals surface area contributed by atoms with Gasteiger partial charge in [-0.05, 0) is 43.2 Å². The largest absolute Gasteiger partial charge is 0.416 e. The third kappa shape index (κ3) is 4.33. The fraction of sp³-hybridized carbons (Fsp3) is 0.300. The highest BCUT2D eigenvalue weighted by molar-refractivity contribution is 9.10. The van der Waals surface area contributed by atoms with Gasteiger partial charge >= 0.3 is 6.18 Å². The van der Waals surface area contributed by atoms with E-state index in [1.807, 2.05) is 5.01 Å². The second-order valence-corrected chi connectivity index (χ2v) is 8.38. The van der Waals surface area contributed by atoms with E-state index in [4.69, 9.17) is 11.6 Å². The number of hydrazine groups is 1. The first kappa shape index (κ1) is 21.1. The quantitative estimate of drug-likeness (QED) is 0.477. The molecule has 0 atom stereocenters. The zero-order valence-corrected chi connectivity index (χ0v) is 18.0. The van der Waals surface area contributed by atoms with Gasteiger partial charge in [0.1, 0.15) is 11.3 Å². The van der Waals surface area contributed by atoms with E-state index < -0.39 is 11.7 Å². The predicted octanol–water partition coefficient (Wildman–Crippen LogP) is 5.80. The summed E-state index contributed by atoms with van der Waals surface area (Å²) in [4.78, 5) is 19.7. The fourth-order valence-electron chi connectivity index (χ4n) is 3.43. The molecule has 0 saturated carbocycles. The van der Waals surface area contributed by atoms with Crippen molar-refractivity contribution in [1.29, 1.82) is 0 Å². The van der Waals surface area contributed by atoms with E-state index in [-0.39, 0.29) is 22.0 Å². The number of carbonyl (C=O) groups is 1. The molecule has 0 spiro atoms. The van der Waals surface area contributed by atoms with Gasteiger partial charge in [0.2, 0.25) is 0 Å². The van der Waals surface area contributed by atoms with Crippen LogP contribution in [-0.4, -0.2) is 34.0 Å². The number of fused-ring (bicyclic) bond motifs is 1. The molecule has 2 heterocycles. The maximum atomic E-state index is 13.0. The SMILES string of the molecule is O=C(NN1CCCCC1)c1ccc(-c2nc3c(Cl)cc(C(F)(F)F)cc3[nH]2)c(Br)c1. The smallest absolute Gasteiger partial charge is 0.338 e. The molecule has 4 rings (SSSR count). The number of aromatic amines is 1. The zero-order chi connectivity index (χ0) is 21.5. The predicted molar refractivity (Wildman–Crippen MR) is 112 cm³/mol. The minimum atomic E-state index is -4.51. The third-order valence-corrected chi connectivity index (χ3v) is 5.91. The van der Waals surface area contributed by atoms with Crippen molar-refractivity contribution >= 4 is 44.5 Å². The molecule has 1 aromatic heterocycles. The summed E-state index contributed by atoms with van der Waals surface area (Å²) in [6.07, 6.45) is -1.24. The number of piperidine rings is 1. The Balaban J connectivity index is 1.62. The van der Waals surface area contributed by atoms with Gasteiger partial charge in [-0.3, -0.25) is 10.2 Å². The molecule has 3 aromatic rings. The summed E-state index contributed by atoms with van der Waals surface area (Å²) in [5.41, 5.74) is 3.55. The van der Waals surface area contributed by atoms with Gasteiger partial charge in [-0.1, -0.05) is 34.0 Å². The van der Waals surface area contributed by atoms with Crippen LogP contribution in [0.3, 0.4) is 0 Å². The number of alkyl halides is 3. The minimum Gasteiger partial charge on any atom is -0.338 e. The summed E-state index contributed by atoms with van der Waals surface area (Å²) >= 11 is 9.45. The standard InChI is InChI=1S/C20H17BrClF3N4O/c21-14-8-11(19(30)28-29-6-2-1-3-7-29)4-5-13(14)18-26-16-10-12(20(23,24)25)9-15(22)17(16)27-18/h4-5,8-10H,1-3,6-7H2,(H,26,27)(H,28,30). The molecule has 2 aromatic carbocycles. The first-order valence-corrected chi connectivity index (χ1v) is 10.5. The van der Waals surface area contributed by atoms with Crippen LogP contribution in [0.5, 0.6) is 0 Å². The Morgan fingerprint density at radius 1 is 1.17 bits per heavy atom. The van der Waals surface area contributed by atoms with E-state index in [0.717, 1.165) is 38.1 Å². The lowest BCUT2D eigenvalue weighted by Crippen LogP contribution is -2.45. The number of carbonyl (C=O) groups excluding carboxylic acids is 1. The van der Waals surface area contributed by atoms with Crippen molar-refractivity contribution in [2.75, 3.05) is 13.1 Å².